The number of carbonyl (C=O) groups is 1. The lowest BCUT2D eigenvalue weighted by atomic mass is 10.1. The average Bonchev–Trinajstić information content (AvgIpc) is 3.31. The van der Waals surface area contributed by atoms with E-state index in [1.807, 2.05) is 42.5 Å². The number of fused-ring (bicyclic) bond motifs is 1. The Kier molecular flexibility index (Phi) is 7.17. The molecule has 0 aliphatic heterocycles. The minimum absolute atomic E-state index is 0.144. The van der Waals surface area contributed by atoms with E-state index >= 15 is 0 Å². The molecule has 0 saturated carbocycles. The summed E-state index contributed by atoms with van der Waals surface area (Å²) in [6, 6.07) is 16.5. The highest BCUT2D eigenvalue weighted by atomic mass is 32.1. The quantitative estimate of drug-likeness (QED) is 0.340. The Labute approximate surface area is 208 Å². The van der Waals surface area contributed by atoms with Crippen LogP contribution in [-0.4, -0.2) is 37.3 Å². The molecular formula is C26H25N3O5S. The minimum atomic E-state index is -0.420. The summed E-state index contributed by atoms with van der Waals surface area (Å²) >= 11 is 5.32. The minimum Gasteiger partial charge on any atom is -0.493 e. The predicted molar refractivity (Wildman–Crippen MR) is 139 cm³/mol. The lowest BCUT2D eigenvalue weighted by Crippen LogP contribution is -2.34. The molecule has 2 N–H and O–H groups in total. The maximum atomic E-state index is 12.7. The number of benzene rings is 3. The van der Waals surface area contributed by atoms with Crippen molar-refractivity contribution >= 4 is 40.0 Å². The van der Waals surface area contributed by atoms with Crippen LogP contribution >= 0.6 is 12.2 Å². The van der Waals surface area contributed by atoms with Crippen molar-refractivity contribution in [3.63, 3.8) is 0 Å². The molecule has 9 heteroatoms. The van der Waals surface area contributed by atoms with Crippen molar-refractivity contribution in [1.82, 2.24) is 10.3 Å². The number of aryl methyl sites for hydroxylation is 1. The number of nitrogens with one attached hydrogen (secondary N) is 2. The van der Waals surface area contributed by atoms with Gasteiger partial charge in [0.25, 0.3) is 5.91 Å². The van der Waals surface area contributed by atoms with E-state index in [9.17, 15) is 4.79 Å². The zero-order chi connectivity index (χ0) is 24.9. The van der Waals surface area contributed by atoms with Gasteiger partial charge in [0.05, 0.1) is 21.3 Å². The average molecular weight is 492 g/mol. The number of thiocarbonyl (C=S) groups is 1. The van der Waals surface area contributed by atoms with E-state index in [2.05, 4.69) is 22.5 Å². The molecule has 4 rings (SSSR count). The van der Waals surface area contributed by atoms with Crippen LogP contribution < -0.4 is 24.8 Å². The van der Waals surface area contributed by atoms with Crippen LogP contribution in [0, 0.1) is 0 Å². The standard InChI is InChI=1S/C26H25N3O5S/c1-5-15-6-11-20-19(12-15)28-25(34-20)16-7-9-18(10-8-16)27-26(35)29-24(30)17-13-21(31-2)23(33-4)22(14-17)32-3/h6-14H,5H2,1-4H3,(H2,27,29,30,35). The molecule has 1 heterocycles. The molecule has 0 radical (unpaired) electrons. The first-order valence-corrected chi connectivity index (χ1v) is 11.3. The van der Waals surface area contributed by atoms with E-state index in [0.29, 0.717) is 34.4 Å². The number of hydrogen-bond donors (Lipinski definition) is 2. The van der Waals surface area contributed by atoms with Gasteiger partial charge in [0.15, 0.2) is 22.2 Å². The Bertz CT molecular complexity index is 1360. The lowest BCUT2D eigenvalue weighted by Gasteiger charge is -2.14. The first kappa shape index (κ1) is 24.0. The van der Waals surface area contributed by atoms with Crippen molar-refractivity contribution in [2.75, 3.05) is 26.6 Å². The SMILES string of the molecule is CCc1ccc2oc(-c3ccc(NC(=S)NC(=O)c4cc(OC)c(OC)c(OC)c4)cc3)nc2c1. The number of amides is 1. The third-order valence-electron chi connectivity index (χ3n) is 5.40. The molecule has 3 aromatic carbocycles. The molecule has 0 unspecified atom stereocenters. The van der Waals surface area contributed by atoms with E-state index < -0.39 is 5.91 Å². The maximum absolute atomic E-state index is 12.7. The lowest BCUT2D eigenvalue weighted by molar-refractivity contribution is 0.0977. The number of anilines is 1. The van der Waals surface area contributed by atoms with Crippen LogP contribution in [0.4, 0.5) is 5.69 Å². The van der Waals surface area contributed by atoms with Gasteiger partial charge in [-0.1, -0.05) is 13.0 Å². The second-order valence-corrected chi connectivity index (χ2v) is 7.98. The molecular weight excluding hydrogens is 466 g/mol. The van der Waals surface area contributed by atoms with E-state index in [0.717, 1.165) is 23.1 Å². The number of oxazole rings is 1. The highest BCUT2D eigenvalue weighted by molar-refractivity contribution is 7.80. The summed E-state index contributed by atoms with van der Waals surface area (Å²) in [5.41, 5.74) is 4.62. The van der Waals surface area contributed by atoms with Crippen molar-refractivity contribution < 1.29 is 23.4 Å². The fourth-order valence-corrected chi connectivity index (χ4v) is 3.77. The number of hydrogen-bond acceptors (Lipinski definition) is 7. The Balaban J connectivity index is 1.44. The van der Waals surface area contributed by atoms with E-state index in [-0.39, 0.29) is 5.11 Å². The van der Waals surface area contributed by atoms with Crippen LogP contribution in [-0.2, 0) is 6.42 Å². The van der Waals surface area contributed by atoms with Crippen molar-refractivity contribution in [3.8, 4) is 28.7 Å². The molecule has 1 amide bonds. The number of aromatic nitrogens is 1. The number of methoxy groups -OCH3 is 3. The Hall–Kier alpha value is -4.11. The monoisotopic (exact) mass is 491 g/mol. The van der Waals surface area contributed by atoms with Gasteiger partial charge in [-0.3, -0.25) is 10.1 Å². The highest BCUT2D eigenvalue weighted by Gasteiger charge is 2.18. The van der Waals surface area contributed by atoms with Crippen molar-refractivity contribution in [1.29, 1.82) is 0 Å². The molecule has 4 aromatic rings. The van der Waals surface area contributed by atoms with Crippen LogP contribution in [0.15, 0.2) is 59.0 Å². The van der Waals surface area contributed by atoms with Crippen LogP contribution in [0.2, 0.25) is 0 Å². The predicted octanol–water partition coefficient (Wildman–Crippen LogP) is 5.21. The Morgan fingerprint density at radius 2 is 1.66 bits per heavy atom. The van der Waals surface area contributed by atoms with Crippen LogP contribution in [0.1, 0.15) is 22.8 Å². The number of carbonyl (C=O) groups excluding carboxylic acids is 1. The maximum Gasteiger partial charge on any atom is 0.257 e. The summed E-state index contributed by atoms with van der Waals surface area (Å²) in [5, 5.41) is 5.81. The molecule has 0 spiro atoms. The fourth-order valence-electron chi connectivity index (χ4n) is 3.56. The summed E-state index contributed by atoms with van der Waals surface area (Å²) < 4.78 is 21.8. The van der Waals surface area contributed by atoms with E-state index in [4.69, 9.17) is 30.8 Å². The second kappa shape index (κ2) is 10.4. The molecule has 0 fully saturated rings. The fraction of sp³-hybridized carbons (Fsp3) is 0.192. The molecule has 0 aliphatic carbocycles. The van der Waals surface area contributed by atoms with Crippen LogP contribution in [0.3, 0.4) is 0 Å². The summed E-state index contributed by atoms with van der Waals surface area (Å²) in [6.07, 6.45) is 0.939. The zero-order valence-electron chi connectivity index (χ0n) is 19.8. The second-order valence-electron chi connectivity index (χ2n) is 7.57. The van der Waals surface area contributed by atoms with Gasteiger partial charge >= 0.3 is 0 Å². The summed E-state index contributed by atoms with van der Waals surface area (Å²) in [4.78, 5) is 17.3. The highest BCUT2D eigenvalue weighted by Crippen LogP contribution is 2.38. The first-order chi connectivity index (χ1) is 16.9. The molecule has 0 aliphatic rings. The summed E-state index contributed by atoms with van der Waals surface area (Å²) in [5.74, 6) is 1.26. The smallest absolute Gasteiger partial charge is 0.257 e. The third kappa shape index (κ3) is 5.20. The summed E-state index contributed by atoms with van der Waals surface area (Å²) in [7, 11) is 4.47. The zero-order valence-corrected chi connectivity index (χ0v) is 20.6. The van der Waals surface area contributed by atoms with Crippen molar-refractivity contribution in [2.24, 2.45) is 0 Å². The topological polar surface area (TPSA) is 94.9 Å². The third-order valence-corrected chi connectivity index (χ3v) is 5.61. The molecule has 0 bridgehead atoms. The van der Waals surface area contributed by atoms with Gasteiger partial charge in [0.2, 0.25) is 11.6 Å². The molecule has 0 saturated heterocycles. The Morgan fingerprint density at radius 1 is 0.971 bits per heavy atom. The van der Waals surface area contributed by atoms with Gasteiger partial charge in [-0.25, -0.2) is 4.98 Å². The van der Waals surface area contributed by atoms with E-state index in [1.165, 1.54) is 26.9 Å². The van der Waals surface area contributed by atoms with Gasteiger partial charge in [-0.2, -0.15) is 0 Å². The first-order valence-electron chi connectivity index (χ1n) is 10.9. The van der Waals surface area contributed by atoms with Crippen molar-refractivity contribution in [3.05, 3.63) is 65.7 Å². The largest absolute Gasteiger partial charge is 0.493 e. The van der Waals surface area contributed by atoms with Crippen LogP contribution in [0.5, 0.6) is 17.2 Å². The van der Waals surface area contributed by atoms with E-state index in [1.54, 1.807) is 12.1 Å². The van der Waals surface area contributed by atoms with Gasteiger partial charge in [0.1, 0.15) is 5.52 Å². The Morgan fingerprint density at radius 3 is 2.26 bits per heavy atom. The van der Waals surface area contributed by atoms with Gasteiger partial charge < -0.3 is 23.9 Å². The van der Waals surface area contributed by atoms with Gasteiger partial charge in [-0.15, -0.1) is 0 Å². The number of ether oxygens (including phenoxy) is 3. The molecule has 0 atom stereocenters. The summed E-state index contributed by atoms with van der Waals surface area (Å²) in [6.45, 7) is 2.10. The van der Waals surface area contributed by atoms with Gasteiger partial charge in [-0.05, 0) is 72.7 Å². The molecule has 1 aromatic heterocycles. The number of rotatable bonds is 7. The van der Waals surface area contributed by atoms with Crippen molar-refractivity contribution in [2.45, 2.75) is 13.3 Å². The van der Waals surface area contributed by atoms with Crippen LogP contribution in [0.25, 0.3) is 22.6 Å². The normalized spacial score (nSPS) is 10.6. The number of nitrogens with zero attached hydrogens (tertiary/aromatic N) is 1. The molecule has 8 nitrogen and oxygen atoms in total. The van der Waals surface area contributed by atoms with Gasteiger partial charge in [0, 0.05) is 16.8 Å². The molecule has 180 valence electrons. The molecule has 35 heavy (non-hydrogen) atoms.